The number of rotatable bonds is 8. The quantitative estimate of drug-likeness (QED) is 0.304. The molecule has 1 amide bonds. The first-order chi connectivity index (χ1) is 16.7. The van der Waals surface area contributed by atoms with Crippen LogP contribution < -0.4 is 20.4 Å². The van der Waals surface area contributed by atoms with Crippen LogP contribution in [0.15, 0.2) is 66.7 Å². The Hall–Kier alpha value is -3.38. The van der Waals surface area contributed by atoms with Crippen LogP contribution >= 0.6 is 12.2 Å². The number of nitrogens with zero attached hydrogens (tertiary/aromatic N) is 2. The van der Waals surface area contributed by atoms with Gasteiger partial charge in [0.05, 0.1) is 0 Å². The molecule has 0 aromatic heterocycles. The Labute approximate surface area is 215 Å². The number of carbonyl (C=O) groups excluding carboxylic acids is 1. The molecule has 3 aromatic rings. The van der Waals surface area contributed by atoms with Gasteiger partial charge in [-0.15, -0.1) is 0 Å². The number of thiocarbonyl (C=S) groups is 1. The van der Waals surface area contributed by atoms with Crippen LogP contribution in [0.25, 0.3) is 0 Å². The molecular weight excluding hydrogens is 452 g/mol. The van der Waals surface area contributed by atoms with Crippen molar-refractivity contribution in [1.29, 1.82) is 0 Å². The average molecular weight is 489 g/mol. The second kappa shape index (κ2) is 11.8. The normalized spacial score (nSPS) is 10.7. The van der Waals surface area contributed by atoms with Gasteiger partial charge in [-0.1, -0.05) is 48.9 Å². The number of aryl methyl sites for hydroxylation is 1. The van der Waals surface area contributed by atoms with E-state index in [4.69, 9.17) is 12.2 Å². The molecular formula is C29H36N4OS. The lowest BCUT2D eigenvalue weighted by atomic mass is 9.83. The number of benzene rings is 3. The number of anilines is 3. The summed E-state index contributed by atoms with van der Waals surface area (Å²) in [5, 5.41) is 6.41. The Morgan fingerprint density at radius 1 is 0.857 bits per heavy atom. The van der Waals surface area contributed by atoms with Gasteiger partial charge in [0, 0.05) is 57.6 Å². The molecule has 3 rings (SSSR count). The molecule has 184 valence electrons. The summed E-state index contributed by atoms with van der Waals surface area (Å²) < 4.78 is 0. The highest BCUT2D eigenvalue weighted by atomic mass is 32.1. The first-order valence-electron chi connectivity index (χ1n) is 12.0. The topological polar surface area (TPSA) is 47.6 Å². The minimum Gasteiger partial charge on any atom is -0.378 e. The van der Waals surface area contributed by atoms with Crippen molar-refractivity contribution in [2.24, 2.45) is 0 Å². The van der Waals surface area contributed by atoms with E-state index in [-0.39, 0.29) is 11.8 Å². The number of hydrogen-bond acceptors (Lipinski definition) is 4. The lowest BCUT2D eigenvalue weighted by Crippen LogP contribution is -2.34. The zero-order valence-electron chi connectivity index (χ0n) is 21.6. The van der Waals surface area contributed by atoms with Crippen LogP contribution in [-0.2, 0) is 4.79 Å². The maximum absolute atomic E-state index is 12.1. The van der Waals surface area contributed by atoms with Crippen LogP contribution in [-0.4, -0.2) is 39.2 Å². The minimum atomic E-state index is -0.0752. The van der Waals surface area contributed by atoms with Gasteiger partial charge in [-0.2, -0.15) is 0 Å². The van der Waals surface area contributed by atoms with E-state index in [2.05, 4.69) is 88.0 Å². The summed E-state index contributed by atoms with van der Waals surface area (Å²) in [5.74, 6) is -0.0901. The average Bonchev–Trinajstić information content (AvgIpc) is 2.81. The van der Waals surface area contributed by atoms with E-state index >= 15 is 0 Å². The molecule has 0 saturated carbocycles. The van der Waals surface area contributed by atoms with E-state index < -0.39 is 0 Å². The summed E-state index contributed by atoms with van der Waals surface area (Å²) in [7, 11) is 8.18. The second-order valence-corrected chi connectivity index (χ2v) is 9.66. The van der Waals surface area contributed by atoms with E-state index in [0.29, 0.717) is 11.5 Å². The van der Waals surface area contributed by atoms with Gasteiger partial charge in [-0.3, -0.25) is 4.79 Å². The third kappa shape index (κ3) is 6.83. The molecule has 0 bridgehead atoms. The van der Waals surface area contributed by atoms with Crippen LogP contribution in [0.2, 0.25) is 0 Å². The molecule has 3 aromatic carbocycles. The van der Waals surface area contributed by atoms with Crippen molar-refractivity contribution in [3.05, 3.63) is 89.0 Å². The summed E-state index contributed by atoms with van der Waals surface area (Å²) in [4.78, 5) is 16.3. The lowest BCUT2D eigenvalue weighted by molar-refractivity contribution is -0.119. The Bertz CT molecular complexity index is 1100. The third-order valence-corrected chi connectivity index (χ3v) is 6.19. The van der Waals surface area contributed by atoms with Gasteiger partial charge in [0.25, 0.3) is 0 Å². The van der Waals surface area contributed by atoms with Crippen molar-refractivity contribution < 1.29 is 4.79 Å². The molecule has 0 aliphatic rings. The summed E-state index contributed by atoms with van der Waals surface area (Å²) in [6, 6.07) is 23.6. The van der Waals surface area contributed by atoms with Crippen molar-refractivity contribution in [2.45, 2.75) is 32.6 Å². The molecule has 0 radical (unpaired) electrons. The fourth-order valence-electron chi connectivity index (χ4n) is 4.09. The fraction of sp³-hybridized carbons (Fsp3) is 0.310. The monoisotopic (exact) mass is 488 g/mol. The van der Waals surface area contributed by atoms with Crippen molar-refractivity contribution >= 4 is 40.3 Å². The molecule has 0 fully saturated rings. The summed E-state index contributed by atoms with van der Waals surface area (Å²) in [6.45, 7) is 4.07. The molecule has 0 unspecified atom stereocenters. The molecule has 0 heterocycles. The van der Waals surface area contributed by atoms with Gasteiger partial charge in [0.1, 0.15) is 0 Å². The zero-order valence-corrected chi connectivity index (χ0v) is 22.4. The van der Waals surface area contributed by atoms with Gasteiger partial charge in [0.15, 0.2) is 5.11 Å². The summed E-state index contributed by atoms with van der Waals surface area (Å²) in [6.07, 6.45) is 1.22. The lowest BCUT2D eigenvalue weighted by Gasteiger charge is -2.25. The van der Waals surface area contributed by atoms with Crippen LogP contribution in [0.4, 0.5) is 17.1 Å². The molecule has 0 spiro atoms. The minimum absolute atomic E-state index is 0.0148. The van der Waals surface area contributed by atoms with E-state index in [9.17, 15) is 4.79 Å². The maximum Gasteiger partial charge on any atom is 0.226 e. The van der Waals surface area contributed by atoms with Crippen LogP contribution in [0.5, 0.6) is 0 Å². The fourth-order valence-corrected chi connectivity index (χ4v) is 4.31. The Balaban J connectivity index is 2.08. The maximum atomic E-state index is 12.1. The predicted molar refractivity (Wildman–Crippen MR) is 153 cm³/mol. The molecule has 5 nitrogen and oxygen atoms in total. The van der Waals surface area contributed by atoms with Crippen molar-refractivity contribution in [3.63, 3.8) is 0 Å². The smallest absolute Gasteiger partial charge is 0.226 e. The van der Waals surface area contributed by atoms with Gasteiger partial charge in [0.2, 0.25) is 5.91 Å². The number of amides is 1. The van der Waals surface area contributed by atoms with Crippen LogP contribution in [0, 0.1) is 6.92 Å². The van der Waals surface area contributed by atoms with Crippen LogP contribution in [0.3, 0.4) is 0 Å². The summed E-state index contributed by atoms with van der Waals surface area (Å²) in [5.41, 5.74) is 7.82. The molecule has 35 heavy (non-hydrogen) atoms. The number of nitrogens with one attached hydrogen (secondary N) is 2. The van der Waals surface area contributed by atoms with Gasteiger partial charge in [-0.05, 0) is 72.6 Å². The SMILES string of the molecule is CCCC(=O)NC(=S)Nc1ccc(C)cc1C(c1ccc(N(C)C)cc1)c1ccc(N(C)C)cc1. The first kappa shape index (κ1) is 26.2. The predicted octanol–water partition coefficient (Wildman–Crippen LogP) is 5.92. The Morgan fingerprint density at radius 2 is 1.37 bits per heavy atom. The van der Waals surface area contributed by atoms with E-state index in [1.54, 1.807) is 0 Å². The van der Waals surface area contributed by atoms with Gasteiger partial charge < -0.3 is 20.4 Å². The Kier molecular flexibility index (Phi) is 8.88. The highest BCUT2D eigenvalue weighted by molar-refractivity contribution is 7.80. The first-order valence-corrected chi connectivity index (χ1v) is 12.4. The largest absolute Gasteiger partial charge is 0.378 e. The summed E-state index contributed by atoms with van der Waals surface area (Å²) >= 11 is 5.48. The van der Waals surface area contributed by atoms with E-state index in [1.165, 1.54) is 11.1 Å². The van der Waals surface area contributed by atoms with Crippen LogP contribution in [0.1, 0.15) is 47.9 Å². The molecule has 0 atom stereocenters. The zero-order chi connectivity index (χ0) is 25.5. The molecule has 0 saturated heterocycles. The second-order valence-electron chi connectivity index (χ2n) is 9.25. The standard InChI is InChI=1S/C29H36N4OS/c1-7-8-27(34)31-29(35)30-26-18-9-20(2)19-25(26)28(21-10-14-23(15-11-21)32(3)4)22-12-16-24(17-13-22)33(5)6/h9-19,28H,7-8H2,1-6H3,(H2,30,31,34,35). The Morgan fingerprint density at radius 3 is 1.83 bits per heavy atom. The van der Waals surface area contributed by atoms with Crippen molar-refractivity contribution in [1.82, 2.24) is 5.32 Å². The molecule has 6 heteroatoms. The number of carbonyl (C=O) groups is 1. The third-order valence-electron chi connectivity index (χ3n) is 5.98. The highest BCUT2D eigenvalue weighted by Crippen LogP contribution is 2.38. The highest BCUT2D eigenvalue weighted by Gasteiger charge is 2.21. The number of hydrogen-bond donors (Lipinski definition) is 2. The van der Waals surface area contributed by atoms with E-state index in [1.807, 2.05) is 41.2 Å². The van der Waals surface area contributed by atoms with Gasteiger partial charge >= 0.3 is 0 Å². The molecule has 0 aliphatic carbocycles. The van der Waals surface area contributed by atoms with Crippen molar-refractivity contribution in [3.8, 4) is 0 Å². The van der Waals surface area contributed by atoms with E-state index in [0.717, 1.165) is 34.6 Å². The molecule has 2 N–H and O–H groups in total. The molecule has 0 aliphatic heterocycles. The van der Waals surface area contributed by atoms with Gasteiger partial charge in [-0.25, -0.2) is 0 Å². The van der Waals surface area contributed by atoms with Crippen molar-refractivity contribution in [2.75, 3.05) is 43.3 Å².